The third-order valence-corrected chi connectivity index (χ3v) is 11.3. The van der Waals surface area contributed by atoms with E-state index < -0.39 is 17.7 Å². The standard InChI is InChI=1S/C45H55N13O7/c1-5-57-34(22-28(3)52-57)42(61)50-44-48-32-24-30(40(46)59)26-36-38(32)55(44)14-9-10-15-56-39-33(49-45(56)51-43(62)35-23-29(4)53-58(35)6-2)25-31(27-37(39)65-19-11-18-64-36)41(60)47-12-7-8-13-54-16-20-63-21-17-54/h9-10,22-27H,5-8,11-21H2,1-4H3,(H2,46,59)(H,47,60)(H,48,50,61)(H,49,51,62)/b10-9+. The Kier molecular flexibility index (Phi) is 13.5. The molecule has 0 spiro atoms. The van der Waals surface area contributed by atoms with Crippen LogP contribution < -0.4 is 31.2 Å². The summed E-state index contributed by atoms with van der Waals surface area (Å²) in [6.45, 7) is 13.9. The van der Waals surface area contributed by atoms with Crippen molar-refractivity contribution in [1.82, 2.24) is 48.9 Å². The molecule has 6 heterocycles. The van der Waals surface area contributed by atoms with Crippen LogP contribution in [-0.4, -0.2) is 120 Å². The zero-order valence-electron chi connectivity index (χ0n) is 37.2. The number of nitrogens with two attached hydrogens (primary N) is 1. The summed E-state index contributed by atoms with van der Waals surface area (Å²) in [5, 5.41) is 17.9. The minimum Gasteiger partial charge on any atom is -0.491 e. The van der Waals surface area contributed by atoms with Crippen LogP contribution in [0.5, 0.6) is 11.5 Å². The number of unbranched alkanes of at least 4 members (excludes halogenated alkanes) is 1. The average Bonchev–Trinajstić information content (AvgIpc) is 4.06. The summed E-state index contributed by atoms with van der Waals surface area (Å²) in [7, 11) is 0. The number of amides is 4. The first kappa shape index (κ1) is 44.5. The number of nitrogens with one attached hydrogen (secondary N) is 3. The number of carbonyl (C=O) groups is 4. The van der Waals surface area contributed by atoms with E-state index in [9.17, 15) is 19.2 Å². The number of morpholine rings is 1. The van der Waals surface area contributed by atoms with Crippen LogP contribution in [0.2, 0.25) is 0 Å². The van der Waals surface area contributed by atoms with Crippen molar-refractivity contribution < 1.29 is 33.4 Å². The Balaban J connectivity index is 1.14. The Morgan fingerprint density at radius 3 is 1.72 bits per heavy atom. The van der Waals surface area contributed by atoms with E-state index in [-0.39, 0.29) is 49.7 Å². The Bertz CT molecular complexity index is 2770. The molecule has 1 saturated heterocycles. The van der Waals surface area contributed by atoms with Gasteiger partial charge in [0.15, 0.2) is 0 Å². The van der Waals surface area contributed by atoms with Crippen LogP contribution in [0.25, 0.3) is 22.1 Å². The molecular weight excluding hydrogens is 835 g/mol. The lowest BCUT2D eigenvalue weighted by Crippen LogP contribution is -2.37. The van der Waals surface area contributed by atoms with Crippen molar-refractivity contribution in [3.05, 3.63) is 82.5 Å². The van der Waals surface area contributed by atoms with Gasteiger partial charge in [-0.2, -0.15) is 10.2 Å². The molecular formula is C45H55N13O7. The van der Waals surface area contributed by atoms with Crippen LogP contribution in [0.15, 0.2) is 48.6 Å². The zero-order chi connectivity index (χ0) is 45.6. The summed E-state index contributed by atoms with van der Waals surface area (Å²) >= 11 is 0. The molecule has 65 heavy (non-hydrogen) atoms. The van der Waals surface area contributed by atoms with Crippen molar-refractivity contribution >= 4 is 57.6 Å². The van der Waals surface area contributed by atoms with Crippen LogP contribution in [-0.2, 0) is 30.9 Å². The van der Waals surface area contributed by atoms with E-state index in [4.69, 9.17) is 29.9 Å². The zero-order valence-corrected chi connectivity index (χ0v) is 37.2. The number of primary amides is 1. The molecule has 20 heteroatoms. The molecule has 0 bridgehead atoms. The third kappa shape index (κ3) is 9.87. The molecule has 2 aromatic carbocycles. The second kappa shape index (κ2) is 19.8. The van der Waals surface area contributed by atoms with E-state index in [1.165, 1.54) is 0 Å². The predicted molar refractivity (Wildman–Crippen MR) is 243 cm³/mol. The Hall–Kier alpha value is -7.06. The van der Waals surface area contributed by atoms with Gasteiger partial charge in [-0.1, -0.05) is 12.2 Å². The summed E-state index contributed by atoms with van der Waals surface area (Å²) in [6.07, 6.45) is 5.92. The lowest BCUT2D eigenvalue weighted by molar-refractivity contribution is 0.0372. The molecule has 0 atom stereocenters. The Morgan fingerprint density at radius 2 is 1.20 bits per heavy atom. The minimum atomic E-state index is -0.665. The smallest absolute Gasteiger partial charge is 0.276 e. The van der Waals surface area contributed by atoms with Gasteiger partial charge in [0, 0.05) is 63.4 Å². The van der Waals surface area contributed by atoms with Gasteiger partial charge in [-0.25, -0.2) is 9.97 Å². The second-order valence-corrected chi connectivity index (χ2v) is 16.0. The maximum Gasteiger partial charge on any atom is 0.276 e. The number of anilines is 2. The van der Waals surface area contributed by atoms with E-state index in [1.807, 2.05) is 44.4 Å². The molecule has 0 unspecified atom stereocenters. The molecule has 0 radical (unpaired) electrons. The molecule has 20 nitrogen and oxygen atoms in total. The topological polar surface area (TPSA) is 233 Å². The van der Waals surface area contributed by atoms with Gasteiger partial charge in [-0.05, 0) is 83.5 Å². The number of imidazole rings is 2. The van der Waals surface area contributed by atoms with Crippen LogP contribution in [0.3, 0.4) is 0 Å². The van der Waals surface area contributed by atoms with Crippen molar-refractivity contribution in [3.8, 4) is 11.5 Å². The fourth-order valence-corrected chi connectivity index (χ4v) is 8.14. The molecule has 2 aliphatic heterocycles. The first-order chi connectivity index (χ1) is 31.5. The van der Waals surface area contributed by atoms with Crippen LogP contribution in [0.4, 0.5) is 11.9 Å². The number of rotatable bonds is 13. The maximum absolute atomic E-state index is 13.9. The van der Waals surface area contributed by atoms with E-state index in [2.05, 4.69) is 31.0 Å². The van der Waals surface area contributed by atoms with Crippen molar-refractivity contribution in [2.75, 3.05) is 63.2 Å². The van der Waals surface area contributed by atoms with Gasteiger partial charge in [0.1, 0.15) is 33.9 Å². The van der Waals surface area contributed by atoms with Crippen LogP contribution in [0.1, 0.15) is 86.2 Å². The number of benzene rings is 2. The maximum atomic E-state index is 13.9. The van der Waals surface area contributed by atoms with E-state index >= 15 is 0 Å². The fraction of sp³-hybridized carbons (Fsp3) is 0.422. The fourth-order valence-electron chi connectivity index (χ4n) is 8.14. The molecule has 6 aromatic rings. The Labute approximate surface area is 375 Å². The van der Waals surface area contributed by atoms with Crippen molar-refractivity contribution in [2.45, 2.75) is 73.1 Å². The summed E-state index contributed by atoms with van der Waals surface area (Å²) in [5.41, 5.74) is 10.4. The van der Waals surface area contributed by atoms with E-state index in [1.54, 1.807) is 50.3 Å². The second-order valence-electron chi connectivity index (χ2n) is 16.0. The largest absolute Gasteiger partial charge is 0.491 e. The molecule has 2 aliphatic rings. The highest BCUT2D eigenvalue weighted by Crippen LogP contribution is 2.34. The summed E-state index contributed by atoms with van der Waals surface area (Å²) in [6, 6.07) is 9.96. The normalized spacial score (nSPS) is 15.1. The van der Waals surface area contributed by atoms with Gasteiger partial charge in [0.25, 0.3) is 17.7 Å². The minimum absolute atomic E-state index is 0.161. The SMILES string of the molecule is CCn1nc(C)cc1C(=O)Nc1nc2cc(C(N)=O)cc3c2n1C/C=C/Cn1c(NC(=O)c2cc(C)nn2CC)nc2cc(C(=O)NCCCCN4CCOCC4)cc(c21)OCCCO3. The number of hydrogen-bond acceptors (Lipinski definition) is 12. The van der Waals surface area contributed by atoms with Crippen molar-refractivity contribution in [1.29, 1.82) is 0 Å². The first-order valence-corrected chi connectivity index (χ1v) is 22.1. The number of carbonyl (C=O) groups excluding carboxylic acids is 4. The lowest BCUT2D eigenvalue weighted by atomic mass is 10.1. The summed E-state index contributed by atoms with van der Waals surface area (Å²) in [4.78, 5) is 65.9. The highest BCUT2D eigenvalue weighted by Gasteiger charge is 2.25. The molecule has 0 saturated carbocycles. The highest BCUT2D eigenvalue weighted by atomic mass is 16.5. The molecule has 4 aromatic heterocycles. The molecule has 5 N–H and O–H groups in total. The number of allylic oxidation sites excluding steroid dienone is 2. The van der Waals surface area contributed by atoms with E-state index in [0.717, 1.165) is 45.7 Å². The number of hydrogen-bond donors (Lipinski definition) is 4. The van der Waals surface area contributed by atoms with Crippen molar-refractivity contribution in [2.24, 2.45) is 5.73 Å². The summed E-state index contributed by atoms with van der Waals surface area (Å²) in [5.74, 6) is -0.568. The number of ether oxygens (including phenoxy) is 3. The predicted octanol–water partition coefficient (Wildman–Crippen LogP) is 4.30. The third-order valence-electron chi connectivity index (χ3n) is 11.3. The molecule has 1 fully saturated rings. The van der Waals surface area contributed by atoms with Crippen LogP contribution >= 0.6 is 0 Å². The van der Waals surface area contributed by atoms with Gasteiger partial charge in [-0.3, -0.25) is 44.1 Å². The number of aryl methyl sites for hydroxylation is 4. The van der Waals surface area contributed by atoms with Gasteiger partial charge in [0.05, 0.1) is 48.8 Å². The van der Waals surface area contributed by atoms with Crippen LogP contribution in [0, 0.1) is 13.8 Å². The van der Waals surface area contributed by atoms with Gasteiger partial charge >= 0.3 is 0 Å². The number of nitrogens with zero attached hydrogens (tertiary/aromatic N) is 9. The monoisotopic (exact) mass is 889 g/mol. The lowest BCUT2D eigenvalue weighted by Gasteiger charge is -2.26. The molecule has 0 aliphatic carbocycles. The van der Waals surface area contributed by atoms with Gasteiger partial charge in [-0.15, -0.1) is 0 Å². The van der Waals surface area contributed by atoms with E-state index in [0.29, 0.717) is 88.0 Å². The number of aromatic nitrogens is 8. The molecule has 8 rings (SSSR count). The summed E-state index contributed by atoms with van der Waals surface area (Å²) < 4.78 is 25.1. The average molecular weight is 890 g/mol. The van der Waals surface area contributed by atoms with Crippen molar-refractivity contribution in [3.63, 3.8) is 0 Å². The van der Waals surface area contributed by atoms with Gasteiger partial charge in [0.2, 0.25) is 17.8 Å². The molecule has 4 amide bonds. The molecule has 342 valence electrons. The Morgan fingerprint density at radius 1 is 0.677 bits per heavy atom. The van der Waals surface area contributed by atoms with Gasteiger partial charge < -0.3 is 34.4 Å². The first-order valence-electron chi connectivity index (χ1n) is 22.1. The highest BCUT2D eigenvalue weighted by molar-refractivity contribution is 6.05. The quantitative estimate of drug-likeness (QED) is 0.0940.